The molecule has 1 amide bonds. The third-order valence-corrected chi connectivity index (χ3v) is 6.19. The molecular weight excluding hydrogens is 491 g/mol. The molecule has 3 aromatic carbocycles. The highest BCUT2D eigenvalue weighted by Crippen LogP contribution is 2.43. The molecule has 1 fully saturated rings. The number of anilines is 1. The molecule has 5 rings (SSSR count). The van der Waals surface area contributed by atoms with Crippen molar-refractivity contribution >= 4 is 23.1 Å². The lowest BCUT2D eigenvalue weighted by Gasteiger charge is -2.26. The fourth-order valence-electron chi connectivity index (χ4n) is 4.50. The third kappa shape index (κ3) is 4.57. The number of methoxy groups -OCH3 is 1. The van der Waals surface area contributed by atoms with E-state index in [1.165, 1.54) is 19.2 Å². The number of hydrogen-bond donors (Lipinski definition) is 1. The van der Waals surface area contributed by atoms with E-state index in [2.05, 4.69) is 4.74 Å². The first-order valence-corrected chi connectivity index (χ1v) is 11.2. The van der Waals surface area contributed by atoms with Crippen molar-refractivity contribution in [2.75, 3.05) is 18.6 Å². The minimum Gasteiger partial charge on any atom is -0.507 e. The Morgan fingerprint density at radius 1 is 1.00 bits per heavy atom. The van der Waals surface area contributed by atoms with Gasteiger partial charge in [0.15, 0.2) is 0 Å². The van der Waals surface area contributed by atoms with Crippen LogP contribution in [0.25, 0.3) is 5.76 Å². The van der Waals surface area contributed by atoms with Crippen LogP contribution in [-0.2, 0) is 16.0 Å². The Labute approximate surface area is 209 Å². The van der Waals surface area contributed by atoms with Crippen LogP contribution in [0.4, 0.5) is 18.9 Å². The van der Waals surface area contributed by atoms with Gasteiger partial charge in [-0.3, -0.25) is 14.5 Å². The maximum atomic E-state index is 13.3. The second-order valence-electron chi connectivity index (χ2n) is 8.40. The Balaban J connectivity index is 1.62. The number of fused-ring (bicyclic) bond motifs is 1. The van der Waals surface area contributed by atoms with Gasteiger partial charge in [0.05, 0.1) is 25.3 Å². The zero-order chi connectivity index (χ0) is 26.3. The van der Waals surface area contributed by atoms with E-state index in [1.807, 2.05) is 0 Å². The summed E-state index contributed by atoms with van der Waals surface area (Å²) in [4.78, 5) is 27.6. The quantitative estimate of drug-likeness (QED) is 0.290. The fraction of sp³-hybridized carbons (Fsp3) is 0.185. The highest BCUT2D eigenvalue weighted by Gasteiger charge is 2.47. The van der Waals surface area contributed by atoms with Gasteiger partial charge in [0, 0.05) is 17.7 Å². The van der Waals surface area contributed by atoms with Crippen LogP contribution in [0.5, 0.6) is 17.2 Å². The lowest BCUT2D eigenvalue weighted by molar-refractivity contribution is -0.274. The zero-order valence-electron chi connectivity index (χ0n) is 19.4. The molecule has 0 aliphatic carbocycles. The predicted octanol–water partition coefficient (Wildman–Crippen LogP) is 5.16. The molecule has 0 radical (unpaired) electrons. The van der Waals surface area contributed by atoms with Crippen molar-refractivity contribution in [3.8, 4) is 17.2 Å². The van der Waals surface area contributed by atoms with Gasteiger partial charge in [0.2, 0.25) is 0 Å². The van der Waals surface area contributed by atoms with Crippen LogP contribution in [-0.4, -0.2) is 36.9 Å². The number of carbonyl (C=O) groups is 2. The number of hydrogen-bond acceptors (Lipinski definition) is 6. The van der Waals surface area contributed by atoms with Crippen LogP contribution in [0.3, 0.4) is 0 Å². The third-order valence-electron chi connectivity index (χ3n) is 6.19. The first-order valence-electron chi connectivity index (χ1n) is 11.2. The average molecular weight is 511 g/mol. The number of aliphatic hydroxyl groups is 1. The number of rotatable bonds is 5. The van der Waals surface area contributed by atoms with Gasteiger partial charge in [-0.25, -0.2) is 0 Å². The van der Waals surface area contributed by atoms with Gasteiger partial charge in [-0.15, -0.1) is 13.2 Å². The Morgan fingerprint density at radius 2 is 1.68 bits per heavy atom. The van der Waals surface area contributed by atoms with Gasteiger partial charge in [-0.1, -0.05) is 12.1 Å². The van der Waals surface area contributed by atoms with Gasteiger partial charge in [-0.05, 0) is 65.7 Å². The second kappa shape index (κ2) is 9.20. The number of amides is 1. The maximum absolute atomic E-state index is 13.3. The highest BCUT2D eigenvalue weighted by molar-refractivity contribution is 6.51. The molecule has 0 bridgehead atoms. The number of halogens is 3. The summed E-state index contributed by atoms with van der Waals surface area (Å²) in [5, 5.41) is 11.3. The summed E-state index contributed by atoms with van der Waals surface area (Å²) in [5.74, 6) is -1.48. The fourth-order valence-corrected chi connectivity index (χ4v) is 4.50. The lowest BCUT2D eigenvalue weighted by Crippen LogP contribution is -2.29. The van der Waals surface area contributed by atoms with Gasteiger partial charge in [0.1, 0.15) is 23.0 Å². The number of aliphatic hydroxyl groups excluding tert-OH is 1. The molecule has 2 aliphatic rings. The van der Waals surface area contributed by atoms with E-state index in [-0.39, 0.29) is 17.0 Å². The summed E-state index contributed by atoms with van der Waals surface area (Å²) >= 11 is 0. The molecule has 1 N–H and O–H groups in total. The molecule has 10 heteroatoms. The van der Waals surface area contributed by atoms with Crippen molar-refractivity contribution in [1.82, 2.24) is 0 Å². The maximum Gasteiger partial charge on any atom is 0.573 e. The predicted molar refractivity (Wildman–Crippen MR) is 127 cm³/mol. The Kier molecular flexibility index (Phi) is 6.02. The van der Waals surface area contributed by atoms with Crippen LogP contribution < -0.4 is 19.1 Å². The van der Waals surface area contributed by atoms with E-state index in [0.717, 1.165) is 22.6 Å². The Morgan fingerprint density at radius 3 is 2.32 bits per heavy atom. The first kappa shape index (κ1) is 24.2. The van der Waals surface area contributed by atoms with E-state index in [1.54, 1.807) is 42.5 Å². The Bertz CT molecular complexity index is 1400. The van der Waals surface area contributed by atoms with Crippen molar-refractivity contribution in [1.29, 1.82) is 0 Å². The van der Waals surface area contributed by atoms with Crippen molar-refractivity contribution < 1.29 is 42.1 Å². The molecule has 1 unspecified atom stereocenters. The number of ketones is 1. The van der Waals surface area contributed by atoms with Crippen LogP contribution in [0.1, 0.15) is 22.7 Å². The highest BCUT2D eigenvalue weighted by atomic mass is 19.4. The summed E-state index contributed by atoms with van der Waals surface area (Å²) in [6, 6.07) is 15.1. The number of alkyl halides is 3. The Hall–Kier alpha value is -4.47. The average Bonchev–Trinajstić information content (AvgIpc) is 3.45. The van der Waals surface area contributed by atoms with Crippen molar-refractivity contribution in [3.05, 3.63) is 89.0 Å². The molecule has 1 atom stereocenters. The molecule has 0 saturated carbocycles. The van der Waals surface area contributed by atoms with Crippen molar-refractivity contribution in [2.45, 2.75) is 18.8 Å². The number of nitrogens with zero attached hydrogens (tertiary/aromatic N) is 1. The smallest absolute Gasteiger partial charge is 0.507 e. The topological polar surface area (TPSA) is 85.3 Å². The van der Waals surface area contributed by atoms with Gasteiger partial charge < -0.3 is 19.3 Å². The van der Waals surface area contributed by atoms with Gasteiger partial charge in [-0.2, -0.15) is 0 Å². The number of benzene rings is 3. The lowest BCUT2D eigenvalue weighted by atomic mass is 9.94. The molecule has 2 heterocycles. The van der Waals surface area contributed by atoms with E-state index in [4.69, 9.17) is 9.47 Å². The molecule has 0 aromatic heterocycles. The summed E-state index contributed by atoms with van der Waals surface area (Å²) in [5.41, 5.74) is 1.69. The molecule has 0 spiro atoms. The van der Waals surface area contributed by atoms with Crippen LogP contribution >= 0.6 is 0 Å². The first-order chi connectivity index (χ1) is 17.7. The largest absolute Gasteiger partial charge is 0.573 e. The van der Waals surface area contributed by atoms with E-state index in [0.29, 0.717) is 35.7 Å². The molecular formula is C27H20F3NO6. The monoisotopic (exact) mass is 511 g/mol. The molecule has 3 aromatic rings. The normalized spacial score (nSPS) is 18.5. The number of ether oxygens (including phenoxy) is 3. The van der Waals surface area contributed by atoms with Crippen LogP contribution in [0.2, 0.25) is 0 Å². The van der Waals surface area contributed by atoms with Crippen LogP contribution in [0, 0.1) is 0 Å². The van der Waals surface area contributed by atoms with Gasteiger partial charge >= 0.3 is 6.36 Å². The number of Topliss-reactive ketones (excluding diaryl/α,β-unsaturated/α-hetero) is 1. The van der Waals surface area contributed by atoms with Crippen LogP contribution in [0.15, 0.2) is 72.3 Å². The molecule has 1 saturated heterocycles. The SMILES string of the molecule is COc1ccc(C2/C(=C(/O)c3ccc4c(c3)CCO4)C(=O)C(=O)N2c2ccc(OC(F)(F)F)cc2)cc1. The molecule has 37 heavy (non-hydrogen) atoms. The standard InChI is InChI=1S/C27H20F3NO6/c1-35-19-7-2-15(3-8-19)23-22(24(32)17-4-11-21-16(14-17)12-13-36-21)25(33)26(34)31(23)18-5-9-20(10-6-18)37-27(28,29)30/h2-11,14,23,32H,12-13H2,1H3/b24-22-. The summed E-state index contributed by atoms with van der Waals surface area (Å²) < 4.78 is 52.4. The summed E-state index contributed by atoms with van der Waals surface area (Å²) in [6.45, 7) is 0.504. The minimum atomic E-state index is -4.88. The molecule has 190 valence electrons. The second-order valence-corrected chi connectivity index (χ2v) is 8.40. The number of carbonyl (C=O) groups excluding carboxylic acids is 2. The molecule has 2 aliphatic heterocycles. The summed E-state index contributed by atoms with van der Waals surface area (Å²) in [6.07, 6.45) is -4.24. The van der Waals surface area contributed by atoms with Gasteiger partial charge in [0.25, 0.3) is 11.7 Å². The van der Waals surface area contributed by atoms with E-state index >= 15 is 0 Å². The zero-order valence-corrected chi connectivity index (χ0v) is 19.4. The molecule has 7 nitrogen and oxygen atoms in total. The summed E-state index contributed by atoms with van der Waals surface area (Å²) in [7, 11) is 1.49. The van der Waals surface area contributed by atoms with Crippen molar-refractivity contribution in [3.63, 3.8) is 0 Å². The minimum absolute atomic E-state index is 0.148. The van der Waals surface area contributed by atoms with E-state index in [9.17, 15) is 27.9 Å². The van der Waals surface area contributed by atoms with E-state index < -0.39 is 29.8 Å². The van der Waals surface area contributed by atoms with Crippen molar-refractivity contribution in [2.24, 2.45) is 0 Å².